The molecular formula is C16H15NS3. The largest absolute Gasteiger partial charge is 0.372 e. The van der Waals surface area contributed by atoms with Crippen molar-refractivity contribution in [1.82, 2.24) is 0 Å². The lowest BCUT2D eigenvalue weighted by Gasteiger charge is -2.19. The summed E-state index contributed by atoms with van der Waals surface area (Å²) in [7, 11) is 0. The van der Waals surface area contributed by atoms with Crippen molar-refractivity contribution in [2.75, 3.05) is 11.6 Å². The molecule has 20 heavy (non-hydrogen) atoms. The molecular weight excluding hydrogens is 302 g/mol. The highest BCUT2D eigenvalue weighted by molar-refractivity contribution is 7.98. The molecule has 0 saturated heterocycles. The van der Waals surface area contributed by atoms with Crippen molar-refractivity contribution in [1.29, 1.82) is 0 Å². The quantitative estimate of drug-likeness (QED) is 0.603. The van der Waals surface area contributed by atoms with E-state index in [4.69, 9.17) is 0 Å². The second kappa shape index (κ2) is 6.48. The summed E-state index contributed by atoms with van der Waals surface area (Å²) in [6.07, 6.45) is 2.12. The molecule has 3 aromatic rings. The van der Waals surface area contributed by atoms with Gasteiger partial charge >= 0.3 is 0 Å². The van der Waals surface area contributed by atoms with Crippen LogP contribution in [-0.2, 0) is 0 Å². The van der Waals surface area contributed by atoms with Crippen LogP contribution < -0.4 is 5.32 Å². The van der Waals surface area contributed by atoms with E-state index in [9.17, 15) is 0 Å². The van der Waals surface area contributed by atoms with E-state index < -0.39 is 0 Å². The van der Waals surface area contributed by atoms with Gasteiger partial charge < -0.3 is 5.32 Å². The van der Waals surface area contributed by atoms with E-state index in [0.29, 0.717) is 0 Å². The predicted octanol–water partition coefficient (Wildman–Crippen LogP) is 5.73. The van der Waals surface area contributed by atoms with Gasteiger partial charge in [-0.05, 0) is 41.3 Å². The number of hydrogen-bond acceptors (Lipinski definition) is 4. The Bertz CT molecular complexity index is 610. The van der Waals surface area contributed by atoms with Crippen LogP contribution in [0.2, 0.25) is 0 Å². The molecule has 0 aliphatic rings. The first-order valence-corrected chi connectivity index (χ1v) is 9.33. The minimum atomic E-state index is 0.239. The first-order valence-electron chi connectivity index (χ1n) is 6.35. The van der Waals surface area contributed by atoms with Gasteiger partial charge in [-0.1, -0.05) is 24.3 Å². The van der Waals surface area contributed by atoms with E-state index in [1.165, 1.54) is 20.3 Å². The Hall–Kier alpha value is -1.23. The molecule has 0 bridgehead atoms. The van der Waals surface area contributed by atoms with Crippen LogP contribution in [0.4, 0.5) is 5.69 Å². The molecule has 102 valence electrons. The van der Waals surface area contributed by atoms with Gasteiger partial charge in [0.15, 0.2) is 0 Å². The average Bonchev–Trinajstić information content (AvgIpc) is 3.18. The minimum absolute atomic E-state index is 0.239. The summed E-state index contributed by atoms with van der Waals surface area (Å²) in [5.41, 5.74) is 1.20. The third kappa shape index (κ3) is 2.92. The Labute approximate surface area is 131 Å². The fraction of sp³-hybridized carbons (Fsp3) is 0.125. The monoisotopic (exact) mass is 317 g/mol. The van der Waals surface area contributed by atoms with E-state index in [1.807, 2.05) is 0 Å². The number of thiophene rings is 2. The molecule has 0 radical (unpaired) electrons. The van der Waals surface area contributed by atoms with Crippen molar-refractivity contribution < 1.29 is 0 Å². The molecule has 0 atom stereocenters. The number of benzene rings is 1. The molecule has 0 spiro atoms. The summed E-state index contributed by atoms with van der Waals surface area (Å²) in [6.45, 7) is 0. The van der Waals surface area contributed by atoms with Gasteiger partial charge in [0.2, 0.25) is 0 Å². The predicted molar refractivity (Wildman–Crippen MR) is 92.3 cm³/mol. The third-order valence-corrected chi connectivity index (χ3v) is 5.73. The van der Waals surface area contributed by atoms with Gasteiger partial charge in [0.1, 0.15) is 0 Å². The third-order valence-electron chi connectivity index (χ3n) is 3.06. The van der Waals surface area contributed by atoms with E-state index in [2.05, 4.69) is 70.9 Å². The highest BCUT2D eigenvalue weighted by Gasteiger charge is 2.17. The first kappa shape index (κ1) is 13.7. The van der Waals surface area contributed by atoms with Gasteiger partial charge in [-0.2, -0.15) is 0 Å². The van der Waals surface area contributed by atoms with Crippen molar-refractivity contribution in [3.63, 3.8) is 0 Å². The maximum Gasteiger partial charge on any atom is 0.0953 e. The Morgan fingerprint density at radius 1 is 0.900 bits per heavy atom. The SMILES string of the molecule is CSc1ccccc1NC(c1cccs1)c1cccs1. The molecule has 0 unspecified atom stereocenters. The van der Waals surface area contributed by atoms with E-state index in [1.54, 1.807) is 34.4 Å². The molecule has 2 heterocycles. The smallest absolute Gasteiger partial charge is 0.0953 e. The molecule has 0 aliphatic heterocycles. The van der Waals surface area contributed by atoms with Gasteiger partial charge in [-0.3, -0.25) is 0 Å². The van der Waals surface area contributed by atoms with E-state index >= 15 is 0 Å². The van der Waals surface area contributed by atoms with Crippen LogP contribution in [0.25, 0.3) is 0 Å². The Kier molecular flexibility index (Phi) is 4.45. The topological polar surface area (TPSA) is 12.0 Å². The van der Waals surface area contributed by atoms with Crippen molar-refractivity contribution in [2.24, 2.45) is 0 Å². The lowest BCUT2D eigenvalue weighted by atomic mass is 10.2. The fourth-order valence-electron chi connectivity index (χ4n) is 2.11. The second-order valence-electron chi connectivity index (χ2n) is 4.31. The highest BCUT2D eigenvalue weighted by atomic mass is 32.2. The zero-order valence-corrected chi connectivity index (χ0v) is 13.5. The Balaban J connectivity index is 1.95. The number of anilines is 1. The normalized spacial score (nSPS) is 10.9. The average molecular weight is 318 g/mol. The van der Waals surface area contributed by atoms with Crippen LogP contribution in [0.15, 0.2) is 64.2 Å². The summed E-state index contributed by atoms with van der Waals surface area (Å²) in [5, 5.41) is 7.98. The molecule has 1 aromatic carbocycles. The highest BCUT2D eigenvalue weighted by Crippen LogP contribution is 2.35. The van der Waals surface area contributed by atoms with Crippen LogP contribution >= 0.6 is 34.4 Å². The number of thioether (sulfide) groups is 1. The van der Waals surface area contributed by atoms with Gasteiger partial charge in [0.05, 0.1) is 6.04 Å². The van der Waals surface area contributed by atoms with Crippen molar-refractivity contribution in [3.05, 3.63) is 69.0 Å². The van der Waals surface area contributed by atoms with Crippen LogP contribution in [0.5, 0.6) is 0 Å². The molecule has 0 amide bonds. The lowest BCUT2D eigenvalue weighted by Crippen LogP contribution is -2.10. The lowest BCUT2D eigenvalue weighted by molar-refractivity contribution is 0.984. The minimum Gasteiger partial charge on any atom is -0.372 e. The van der Waals surface area contributed by atoms with Crippen molar-refractivity contribution in [3.8, 4) is 0 Å². The van der Waals surface area contributed by atoms with Crippen LogP contribution in [0.3, 0.4) is 0 Å². The molecule has 0 fully saturated rings. The second-order valence-corrected chi connectivity index (χ2v) is 7.12. The number of hydrogen-bond donors (Lipinski definition) is 1. The van der Waals surface area contributed by atoms with Crippen LogP contribution in [-0.4, -0.2) is 6.26 Å². The van der Waals surface area contributed by atoms with Gasteiger partial charge in [-0.15, -0.1) is 34.4 Å². The Morgan fingerprint density at radius 3 is 2.10 bits per heavy atom. The standard InChI is InChI=1S/C16H15NS3/c1-18-13-7-3-2-6-12(13)17-16(14-8-4-10-19-14)15-9-5-11-20-15/h2-11,16-17H,1H3. The van der Waals surface area contributed by atoms with E-state index in [-0.39, 0.29) is 6.04 Å². The van der Waals surface area contributed by atoms with E-state index in [0.717, 1.165) is 0 Å². The molecule has 1 nitrogen and oxygen atoms in total. The molecule has 1 N–H and O–H groups in total. The zero-order chi connectivity index (χ0) is 13.8. The van der Waals surface area contributed by atoms with Gasteiger partial charge in [0, 0.05) is 20.3 Å². The Morgan fingerprint density at radius 2 is 1.55 bits per heavy atom. The number of nitrogens with one attached hydrogen (secondary N) is 1. The maximum absolute atomic E-state index is 3.70. The van der Waals surface area contributed by atoms with Crippen LogP contribution in [0.1, 0.15) is 15.8 Å². The number of rotatable bonds is 5. The van der Waals surface area contributed by atoms with Crippen molar-refractivity contribution >= 4 is 40.1 Å². The molecule has 2 aromatic heterocycles. The molecule has 4 heteroatoms. The summed E-state index contributed by atoms with van der Waals surface area (Å²) in [5.74, 6) is 0. The summed E-state index contributed by atoms with van der Waals surface area (Å²) in [4.78, 5) is 3.98. The van der Waals surface area contributed by atoms with Crippen LogP contribution in [0, 0.1) is 0 Å². The first-order chi connectivity index (χ1) is 9.88. The molecule has 3 rings (SSSR count). The molecule has 0 aliphatic carbocycles. The maximum atomic E-state index is 3.70. The summed E-state index contributed by atoms with van der Waals surface area (Å²) < 4.78 is 0. The van der Waals surface area contributed by atoms with Crippen molar-refractivity contribution in [2.45, 2.75) is 10.9 Å². The fourth-order valence-corrected chi connectivity index (χ4v) is 4.34. The zero-order valence-electron chi connectivity index (χ0n) is 11.1. The van der Waals surface area contributed by atoms with Gasteiger partial charge in [0.25, 0.3) is 0 Å². The summed E-state index contributed by atoms with van der Waals surface area (Å²) >= 11 is 5.37. The molecule has 0 saturated carbocycles. The van der Waals surface area contributed by atoms with Gasteiger partial charge in [-0.25, -0.2) is 0 Å². The number of para-hydroxylation sites is 1. The summed E-state index contributed by atoms with van der Waals surface area (Å²) in [6, 6.07) is 17.3.